The van der Waals surface area contributed by atoms with Gasteiger partial charge in [-0.3, -0.25) is 0 Å². The Bertz CT molecular complexity index is 185. The van der Waals surface area contributed by atoms with Crippen LogP contribution in [0.5, 0.6) is 0 Å². The van der Waals surface area contributed by atoms with E-state index in [2.05, 4.69) is 46.7 Å². The molecule has 0 aliphatic carbocycles. The first-order valence-electron chi connectivity index (χ1n) is 3.07. The Hall–Kier alpha value is 0.683. The molecule has 0 nitrogen and oxygen atoms in total. The van der Waals surface area contributed by atoms with Gasteiger partial charge in [0, 0.05) is 4.47 Å². The van der Waals surface area contributed by atoms with Crippen LogP contribution in [-0.4, -0.2) is 32.6 Å². The van der Waals surface area contributed by atoms with Crippen molar-refractivity contribution in [2.24, 2.45) is 0 Å². The molecule has 1 aromatic rings. The molecule has 0 spiro atoms. The number of halogens is 1. The van der Waals surface area contributed by atoms with E-state index in [0.717, 1.165) is 0 Å². The Morgan fingerprint density at radius 1 is 1.20 bits per heavy atom. The van der Waals surface area contributed by atoms with Crippen molar-refractivity contribution in [2.75, 3.05) is 0 Å². The third-order valence-corrected chi connectivity index (χ3v) is 3.14. The van der Waals surface area contributed by atoms with Crippen LogP contribution in [0.1, 0.15) is 0 Å². The van der Waals surface area contributed by atoms with Crippen LogP contribution < -0.4 is 5.19 Å². The van der Waals surface area contributed by atoms with Crippen molar-refractivity contribution in [3.05, 3.63) is 28.7 Å². The van der Waals surface area contributed by atoms with Crippen LogP contribution in [0.3, 0.4) is 0 Å². The van der Waals surface area contributed by atoms with E-state index in [1.165, 1.54) is 9.66 Å². The average molecular weight is 227 g/mol. The van der Waals surface area contributed by atoms with E-state index in [1.54, 1.807) is 0 Å². The summed E-state index contributed by atoms with van der Waals surface area (Å²) in [5.74, 6) is 0. The molecule has 0 heterocycles. The van der Waals surface area contributed by atoms with E-state index >= 15 is 0 Å². The summed E-state index contributed by atoms with van der Waals surface area (Å²) in [6, 6.07) is 8.59. The smallest absolute Gasteiger partial charge is 0.0708 e. The molecule has 0 unspecified atom stereocenters. The van der Waals surface area contributed by atoms with Gasteiger partial charge in [0.05, 0.1) is 9.52 Å². The van der Waals surface area contributed by atoms with Gasteiger partial charge in [0.25, 0.3) is 0 Å². The van der Waals surface area contributed by atoms with E-state index < -0.39 is 0 Å². The minimum absolute atomic E-state index is 0. The van der Waals surface area contributed by atoms with Crippen LogP contribution in [0.25, 0.3) is 0 Å². The molecule has 0 N–H and O–H groups in total. The van der Waals surface area contributed by atoms with Crippen molar-refractivity contribution >= 4 is 53.7 Å². The van der Waals surface area contributed by atoms with Crippen molar-refractivity contribution in [2.45, 2.75) is 6.55 Å². The van der Waals surface area contributed by atoms with E-state index in [4.69, 9.17) is 0 Å². The lowest BCUT2D eigenvalue weighted by Gasteiger charge is -1.92. The molecule has 0 saturated heterocycles. The second kappa shape index (κ2) is 5.35. The first-order chi connectivity index (χ1) is 4.33. The van der Waals surface area contributed by atoms with Gasteiger partial charge in [-0.2, -0.15) is 0 Å². The highest BCUT2D eigenvalue weighted by Crippen LogP contribution is 2.04. The lowest BCUT2D eigenvalue weighted by atomic mass is 10.4. The number of hydrogen-bond acceptors (Lipinski definition) is 0. The van der Waals surface area contributed by atoms with E-state index in [9.17, 15) is 0 Å². The summed E-state index contributed by atoms with van der Waals surface area (Å²) in [6.07, 6.45) is 0. The monoisotopic (exact) mass is 226 g/mol. The highest BCUT2D eigenvalue weighted by atomic mass is 79.9. The standard InChI is InChI=1S/C7H9BrSi.Mg.2H/c1-9-7-4-2-6(8)3-5-7;;;/h2-5H,9H2,1H3;;;. The van der Waals surface area contributed by atoms with Gasteiger partial charge in [-0.15, -0.1) is 0 Å². The van der Waals surface area contributed by atoms with Gasteiger partial charge in [0.15, 0.2) is 0 Å². The molecule has 10 heavy (non-hydrogen) atoms. The van der Waals surface area contributed by atoms with Crippen molar-refractivity contribution in [1.29, 1.82) is 0 Å². The van der Waals surface area contributed by atoms with Crippen LogP contribution >= 0.6 is 15.9 Å². The topological polar surface area (TPSA) is 0 Å². The molecule has 3 heteroatoms. The van der Waals surface area contributed by atoms with E-state index in [1.807, 2.05) is 0 Å². The van der Waals surface area contributed by atoms with Gasteiger partial charge < -0.3 is 0 Å². The van der Waals surface area contributed by atoms with E-state index in [0.29, 0.717) is 0 Å². The summed E-state index contributed by atoms with van der Waals surface area (Å²) in [7, 11) is 0.0544. The molecule has 0 amide bonds. The van der Waals surface area contributed by atoms with Gasteiger partial charge in [-0.25, -0.2) is 0 Å². The Morgan fingerprint density at radius 3 is 2.10 bits per heavy atom. The summed E-state index contributed by atoms with van der Waals surface area (Å²) < 4.78 is 1.17. The van der Waals surface area contributed by atoms with Gasteiger partial charge >= 0.3 is 23.1 Å². The van der Waals surface area contributed by atoms with Crippen LogP contribution in [0, 0.1) is 0 Å². The fourth-order valence-electron chi connectivity index (χ4n) is 0.720. The zero-order valence-corrected chi connectivity index (χ0v) is 8.39. The Morgan fingerprint density at radius 2 is 1.70 bits per heavy atom. The molecule has 0 aromatic heterocycles. The predicted octanol–water partition coefficient (Wildman–Crippen LogP) is 0.375. The van der Waals surface area contributed by atoms with Crippen LogP contribution in [0.2, 0.25) is 6.55 Å². The van der Waals surface area contributed by atoms with Gasteiger partial charge in [0.2, 0.25) is 0 Å². The maximum atomic E-state index is 3.39. The fraction of sp³-hybridized carbons (Fsp3) is 0.143. The highest BCUT2D eigenvalue weighted by molar-refractivity contribution is 9.10. The molecule has 52 valence electrons. The van der Waals surface area contributed by atoms with Crippen LogP contribution in [0.4, 0.5) is 0 Å². The van der Waals surface area contributed by atoms with Crippen molar-refractivity contribution in [3.8, 4) is 0 Å². The summed E-state index contributed by atoms with van der Waals surface area (Å²) >= 11 is 3.39. The first-order valence-corrected chi connectivity index (χ1v) is 5.99. The SMILES string of the molecule is C[SiH2]c1ccc(Br)cc1.[MgH2]. The lowest BCUT2D eigenvalue weighted by Crippen LogP contribution is -2.08. The maximum Gasteiger partial charge on any atom is 0.316 e. The van der Waals surface area contributed by atoms with Crippen molar-refractivity contribution in [1.82, 2.24) is 0 Å². The molecule has 1 rings (SSSR count). The number of benzene rings is 1. The van der Waals surface area contributed by atoms with Crippen LogP contribution in [0.15, 0.2) is 28.7 Å². The van der Waals surface area contributed by atoms with Gasteiger partial charge in [0.1, 0.15) is 0 Å². The summed E-state index contributed by atoms with van der Waals surface area (Å²) in [5.41, 5.74) is 0. The Kier molecular flexibility index (Phi) is 5.71. The molecule has 1 aromatic carbocycles. The number of hydrogen-bond donors (Lipinski definition) is 0. The van der Waals surface area contributed by atoms with Crippen molar-refractivity contribution in [3.63, 3.8) is 0 Å². The molecular weight excluding hydrogens is 216 g/mol. The molecule has 0 atom stereocenters. The van der Waals surface area contributed by atoms with Crippen LogP contribution in [-0.2, 0) is 0 Å². The average Bonchev–Trinajstić information content (AvgIpc) is 1.90. The molecule has 0 aliphatic rings. The molecule has 0 bridgehead atoms. The predicted molar refractivity (Wildman–Crippen MR) is 56.7 cm³/mol. The second-order valence-electron chi connectivity index (χ2n) is 1.98. The molecule has 0 radical (unpaired) electrons. The van der Waals surface area contributed by atoms with E-state index in [-0.39, 0.29) is 32.6 Å². The molecule has 0 saturated carbocycles. The summed E-state index contributed by atoms with van der Waals surface area (Å²) in [6.45, 7) is 2.29. The third-order valence-electron chi connectivity index (χ3n) is 1.32. The molecular formula is C7H11BrMgSi. The second-order valence-corrected chi connectivity index (χ2v) is 4.42. The third kappa shape index (κ3) is 3.19. The number of rotatable bonds is 1. The highest BCUT2D eigenvalue weighted by Gasteiger charge is 1.86. The largest absolute Gasteiger partial charge is 0.316 e. The summed E-state index contributed by atoms with van der Waals surface area (Å²) in [5, 5.41) is 1.53. The molecule has 0 fully saturated rings. The zero-order chi connectivity index (χ0) is 6.69. The van der Waals surface area contributed by atoms with Gasteiger partial charge in [-0.1, -0.05) is 39.8 Å². The van der Waals surface area contributed by atoms with Crippen molar-refractivity contribution < 1.29 is 0 Å². The zero-order valence-electron chi connectivity index (χ0n) is 5.39. The minimum atomic E-state index is 0. The first kappa shape index (κ1) is 10.7. The molecule has 0 aliphatic heterocycles. The Labute approximate surface area is 88.5 Å². The lowest BCUT2D eigenvalue weighted by molar-refractivity contribution is 1.69. The van der Waals surface area contributed by atoms with Gasteiger partial charge in [-0.05, 0) is 12.1 Å². The normalized spacial score (nSPS) is 9.80. The minimum Gasteiger partial charge on any atom is -0.0708 e. The summed E-state index contributed by atoms with van der Waals surface area (Å²) in [4.78, 5) is 0. The maximum absolute atomic E-state index is 3.39. The quantitative estimate of drug-likeness (QED) is 0.609. The Balaban J connectivity index is 0.000000810. The fourth-order valence-corrected chi connectivity index (χ4v) is 1.69.